The van der Waals surface area contributed by atoms with Crippen molar-refractivity contribution in [1.29, 1.82) is 0 Å². The maximum absolute atomic E-state index is 4.93. The Labute approximate surface area is 139 Å². The third-order valence-corrected chi connectivity index (χ3v) is 3.89. The van der Waals surface area contributed by atoms with Crippen LogP contribution in [0.15, 0.2) is 71.4 Å². The van der Waals surface area contributed by atoms with Gasteiger partial charge in [-0.25, -0.2) is 9.97 Å². The van der Waals surface area contributed by atoms with Crippen LogP contribution in [0.2, 0.25) is 0 Å². The van der Waals surface area contributed by atoms with Gasteiger partial charge in [0.2, 0.25) is 0 Å². The molecule has 2 heterocycles. The van der Waals surface area contributed by atoms with E-state index >= 15 is 0 Å². The molecule has 2 aromatic heterocycles. The highest BCUT2D eigenvalue weighted by atomic mass is 16.5. The maximum Gasteiger partial charge on any atom is 0.162 e. The predicted octanol–water partition coefficient (Wildman–Crippen LogP) is 4.46. The Morgan fingerprint density at radius 3 is 2.50 bits per heavy atom. The molecule has 0 aliphatic carbocycles. The van der Waals surface area contributed by atoms with E-state index in [-0.39, 0.29) is 6.04 Å². The molecule has 0 spiro atoms. The number of nitrogens with one attached hydrogen (secondary N) is 1. The zero-order valence-corrected chi connectivity index (χ0v) is 13.2. The van der Waals surface area contributed by atoms with E-state index in [9.17, 15) is 0 Å². The highest BCUT2D eigenvalue weighted by molar-refractivity contribution is 5.90. The van der Waals surface area contributed by atoms with Crippen molar-refractivity contribution < 1.29 is 4.52 Å². The summed E-state index contributed by atoms with van der Waals surface area (Å²) in [7, 11) is 0. The summed E-state index contributed by atoms with van der Waals surface area (Å²) in [6.45, 7) is 2.02. The molecule has 0 saturated heterocycles. The minimum absolute atomic E-state index is 0.0225. The maximum atomic E-state index is 4.93. The van der Waals surface area contributed by atoms with E-state index in [1.54, 1.807) is 6.26 Å². The van der Waals surface area contributed by atoms with Gasteiger partial charge < -0.3 is 9.84 Å². The predicted molar refractivity (Wildman–Crippen MR) is 93.5 cm³/mol. The molecule has 118 valence electrons. The van der Waals surface area contributed by atoms with Crippen LogP contribution < -0.4 is 5.32 Å². The summed E-state index contributed by atoms with van der Waals surface area (Å²) in [5.74, 6) is 1.49. The van der Waals surface area contributed by atoms with Gasteiger partial charge in [-0.05, 0) is 19.1 Å². The van der Waals surface area contributed by atoms with Crippen LogP contribution in [-0.2, 0) is 0 Å². The van der Waals surface area contributed by atoms with Crippen LogP contribution >= 0.6 is 0 Å². The van der Waals surface area contributed by atoms with Gasteiger partial charge in [-0.1, -0.05) is 47.6 Å². The van der Waals surface area contributed by atoms with E-state index in [4.69, 9.17) is 14.5 Å². The fourth-order valence-electron chi connectivity index (χ4n) is 2.63. The first-order valence-electron chi connectivity index (χ1n) is 7.80. The number of nitrogens with zero attached hydrogens (tertiary/aromatic N) is 3. The Morgan fingerprint density at radius 2 is 1.71 bits per heavy atom. The minimum atomic E-state index is -0.0225. The van der Waals surface area contributed by atoms with Crippen LogP contribution in [-0.4, -0.2) is 15.1 Å². The van der Waals surface area contributed by atoms with Crippen molar-refractivity contribution in [2.45, 2.75) is 13.0 Å². The molecule has 1 N–H and O–H groups in total. The van der Waals surface area contributed by atoms with Crippen molar-refractivity contribution in [1.82, 2.24) is 15.1 Å². The molecule has 2 aromatic carbocycles. The second-order valence-electron chi connectivity index (χ2n) is 5.57. The van der Waals surface area contributed by atoms with Crippen molar-refractivity contribution in [3.8, 4) is 11.4 Å². The number of benzene rings is 2. The summed E-state index contributed by atoms with van der Waals surface area (Å²) < 4.78 is 4.93. The van der Waals surface area contributed by atoms with Crippen molar-refractivity contribution in [2.75, 3.05) is 5.32 Å². The van der Waals surface area contributed by atoms with Gasteiger partial charge in [-0.2, -0.15) is 0 Å². The molecular weight excluding hydrogens is 300 g/mol. The van der Waals surface area contributed by atoms with Gasteiger partial charge in [0.15, 0.2) is 5.82 Å². The largest absolute Gasteiger partial charge is 0.364 e. The van der Waals surface area contributed by atoms with Crippen LogP contribution in [0.1, 0.15) is 18.7 Å². The van der Waals surface area contributed by atoms with E-state index in [1.807, 2.05) is 67.6 Å². The van der Waals surface area contributed by atoms with Crippen molar-refractivity contribution in [3.63, 3.8) is 0 Å². The molecule has 1 unspecified atom stereocenters. The normalized spacial score (nSPS) is 12.2. The van der Waals surface area contributed by atoms with E-state index in [0.29, 0.717) is 5.82 Å². The average Bonchev–Trinajstić information content (AvgIpc) is 3.17. The molecule has 5 nitrogen and oxygen atoms in total. The Kier molecular flexibility index (Phi) is 3.67. The summed E-state index contributed by atoms with van der Waals surface area (Å²) in [6, 6.07) is 19.8. The Bertz CT molecular complexity index is 952. The van der Waals surface area contributed by atoms with Crippen molar-refractivity contribution in [3.05, 3.63) is 72.6 Å². The van der Waals surface area contributed by atoms with Crippen LogP contribution in [0.5, 0.6) is 0 Å². The number of rotatable bonds is 4. The molecule has 0 aliphatic heterocycles. The second-order valence-corrected chi connectivity index (χ2v) is 5.57. The van der Waals surface area contributed by atoms with E-state index in [0.717, 1.165) is 28.0 Å². The molecule has 0 fully saturated rings. The molecule has 24 heavy (non-hydrogen) atoms. The lowest BCUT2D eigenvalue weighted by molar-refractivity contribution is 0.409. The van der Waals surface area contributed by atoms with Crippen LogP contribution in [0, 0.1) is 0 Å². The summed E-state index contributed by atoms with van der Waals surface area (Å²) in [6.07, 6.45) is 1.57. The first-order chi connectivity index (χ1) is 11.8. The quantitative estimate of drug-likeness (QED) is 0.602. The smallest absolute Gasteiger partial charge is 0.162 e. The molecular formula is C19H16N4O. The van der Waals surface area contributed by atoms with Crippen molar-refractivity contribution >= 4 is 16.7 Å². The summed E-state index contributed by atoms with van der Waals surface area (Å²) >= 11 is 0. The van der Waals surface area contributed by atoms with E-state index in [2.05, 4.69) is 10.5 Å². The highest BCUT2D eigenvalue weighted by Gasteiger charge is 2.13. The van der Waals surface area contributed by atoms with Gasteiger partial charge in [-0.15, -0.1) is 0 Å². The Morgan fingerprint density at radius 1 is 0.917 bits per heavy atom. The Balaban J connectivity index is 1.81. The van der Waals surface area contributed by atoms with Gasteiger partial charge in [0.25, 0.3) is 0 Å². The van der Waals surface area contributed by atoms with Gasteiger partial charge in [0.1, 0.15) is 17.8 Å². The zero-order valence-electron chi connectivity index (χ0n) is 13.2. The second kappa shape index (κ2) is 6.12. The number of hydrogen-bond donors (Lipinski definition) is 1. The Hall–Kier alpha value is -3.21. The van der Waals surface area contributed by atoms with Gasteiger partial charge in [0, 0.05) is 17.0 Å². The summed E-state index contributed by atoms with van der Waals surface area (Å²) in [4.78, 5) is 9.43. The van der Waals surface area contributed by atoms with Crippen LogP contribution in [0.3, 0.4) is 0 Å². The molecule has 0 radical (unpaired) electrons. The molecule has 4 aromatic rings. The molecule has 0 aliphatic rings. The van der Waals surface area contributed by atoms with E-state index < -0.39 is 0 Å². The third-order valence-electron chi connectivity index (χ3n) is 3.89. The van der Waals surface area contributed by atoms with Gasteiger partial charge >= 0.3 is 0 Å². The molecule has 5 heteroatoms. The van der Waals surface area contributed by atoms with Gasteiger partial charge in [0.05, 0.1) is 11.6 Å². The standard InChI is InChI=1S/C19H16N4O/c1-13(16-11-12-24-23-16)20-19-15-9-5-6-10-17(15)21-18(22-19)14-7-3-2-4-8-14/h2-13H,1H3,(H,20,21,22). The fourth-order valence-corrected chi connectivity index (χ4v) is 2.63. The molecule has 0 bridgehead atoms. The fraction of sp³-hybridized carbons (Fsp3) is 0.105. The lowest BCUT2D eigenvalue weighted by Crippen LogP contribution is -2.09. The average molecular weight is 316 g/mol. The monoisotopic (exact) mass is 316 g/mol. The van der Waals surface area contributed by atoms with E-state index in [1.165, 1.54) is 0 Å². The molecule has 4 rings (SSSR count). The number of hydrogen-bond acceptors (Lipinski definition) is 5. The number of aromatic nitrogens is 3. The molecule has 0 saturated carbocycles. The topological polar surface area (TPSA) is 63.8 Å². The SMILES string of the molecule is CC(Nc1nc(-c2ccccc2)nc2ccccc12)c1ccon1. The third kappa shape index (κ3) is 2.72. The highest BCUT2D eigenvalue weighted by Crippen LogP contribution is 2.27. The summed E-state index contributed by atoms with van der Waals surface area (Å²) in [5, 5.41) is 8.40. The summed E-state index contributed by atoms with van der Waals surface area (Å²) in [5.41, 5.74) is 2.72. The number of para-hydroxylation sites is 1. The zero-order chi connectivity index (χ0) is 16.4. The first kappa shape index (κ1) is 14.4. The van der Waals surface area contributed by atoms with Crippen LogP contribution in [0.25, 0.3) is 22.3 Å². The van der Waals surface area contributed by atoms with Crippen LogP contribution in [0.4, 0.5) is 5.82 Å². The lowest BCUT2D eigenvalue weighted by atomic mass is 10.1. The lowest BCUT2D eigenvalue weighted by Gasteiger charge is -2.15. The number of fused-ring (bicyclic) bond motifs is 1. The minimum Gasteiger partial charge on any atom is -0.364 e. The van der Waals surface area contributed by atoms with Crippen molar-refractivity contribution in [2.24, 2.45) is 0 Å². The van der Waals surface area contributed by atoms with Gasteiger partial charge in [-0.3, -0.25) is 0 Å². The number of anilines is 1. The first-order valence-corrected chi connectivity index (χ1v) is 7.80. The molecule has 1 atom stereocenters. The molecule has 0 amide bonds.